The maximum atomic E-state index is 12.1. The third-order valence-corrected chi connectivity index (χ3v) is 4.57. The second-order valence-corrected chi connectivity index (χ2v) is 6.18. The topological polar surface area (TPSA) is 103 Å². The Morgan fingerprint density at radius 1 is 1.40 bits per heavy atom. The summed E-state index contributed by atoms with van der Waals surface area (Å²) >= 11 is 5.97. The molecule has 1 heterocycles. The zero-order valence-electron chi connectivity index (χ0n) is 10.5. The highest BCUT2D eigenvalue weighted by Crippen LogP contribution is 2.22. The Balaban J connectivity index is 2.06. The fraction of sp³-hybridized carbons (Fsp3) is 0.273. The van der Waals surface area contributed by atoms with Gasteiger partial charge in [-0.3, -0.25) is 4.68 Å². The van der Waals surface area contributed by atoms with Crippen LogP contribution in [0.5, 0.6) is 0 Å². The minimum Gasteiger partial charge on any atom is -0.326 e. The summed E-state index contributed by atoms with van der Waals surface area (Å²) in [4.78, 5) is 0.0370. The molecule has 0 atom stereocenters. The lowest BCUT2D eigenvalue weighted by Gasteiger charge is -2.09. The number of nitrogens with zero attached hydrogens (tertiary/aromatic N) is 3. The van der Waals surface area contributed by atoms with E-state index in [1.165, 1.54) is 16.9 Å². The zero-order chi connectivity index (χ0) is 14.6. The quantitative estimate of drug-likeness (QED) is 0.801. The van der Waals surface area contributed by atoms with E-state index in [9.17, 15) is 8.42 Å². The lowest BCUT2D eigenvalue weighted by atomic mass is 10.2. The Hall–Kier alpha value is -1.48. The summed E-state index contributed by atoms with van der Waals surface area (Å²) in [6, 6.07) is 4.63. The molecular formula is C11H14ClN5O2S. The van der Waals surface area contributed by atoms with Crippen LogP contribution in [0.3, 0.4) is 0 Å². The maximum absolute atomic E-state index is 12.1. The molecule has 0 aliphatic carbocycles. The van der Waals surface area contributed by atoms with Crippen molar-refractivity contribution in [3.8, 4) is 0 Å². The molecule has 0 radical (unpaired) electrons. The molecule has 0 unspecified atom stereocenters. The molecule has 2 rings (SSSR count). The van der Waals surface area contributed by atoms with E-state index in [2.05, 4.69) is 15.0 Å². The highest BCUT2D eigenvalue weighted by Gasteiger charge is 2.17. The molecule has 0 aliphatic heterocycles. The van der Waals surface area contributed by atoms with Gasteiger partial charge in [-0.2, -0.15) is 0 Å². The van der Waals surface area contributed by atoms with Gasteiger partial charge >= 0.3 is 0 Å². The van der Waals surface area contributed by atoms with Crippen LogP contribution < -0.4 is 10.5 Å². The first kappa shape index (κ1) is 14.9. The molecule has 0 fully saturated rings. The number of sulfonamides is 1. The van der Waals surface area contributed by atoms with Crippen LogP contribution in [0.15, 0.2) is 35.5 Å². The molecule has 0 aliphatic rings. The van der Waals surface area contributed by atoms with Crippen LogP contribution in [-0.4, -0.2) is 30.0 Å². The Morgan fingerprint density at radius 3 is 2.80 bits per heavy atom. The second-order valence-electron chi connectivity index (χ2n) is 4.03. The average Bonchev–Trinajstić information content (AvgIpc) is 2.91. The molecule has 2 aromatic rings. The Morgan fingerprint density at radius 2 is 2.20 bits per heavy atom. The van der Waals surface area contributed by atoms with E-state index in [0.717, 1.165) is 5.56 Å². The summed E-state index contributed by atoms with van der Waals surface area (Å²) in [5, 5.41) is 7.53. The van der Waals surface area contributed by atoms with Crippen LogP contribution in [0.4, 0.5) is 0 Å². The Bertz CT molecular complexity index is 672. The van der Waals surface area contributed by atoms with Crippen molar-refractivity contribution >= 4 is 21.6 Å². The summed E-state index contributed by atoms with van der Waals surface area (Å²) < 4.78 is 28.2. The first-order valence-corrected chi connectivity index (χ1v) is 7.71. The molecule has 3 N–H and O–H groups in total. The van der Waals surface area contributed by atoms with Crippen molar-refractivity contribution in [3.63, 3.8) is 0 Å². The van der Waals surface area contributed by atoms with Gasteiger partial charge in [0.15, 0.2) is 0 Å². The van der Waals surface area contributed by atoms with Crippen molar-refractivity contribution in [2.45, 2.75) is 18.0 Å². The van der Waals surface area contributed by atoms with Crippen LogP contribution in [-0.2, 0) is 23.1 Å². The maximum Gasteiger partial charge on any atom is 0.242 e. The molecule has 0 spiro atoms. The smallest absolute Gasteiger partial charge is 0.242 e. The summed E-state index contributed by atoms with van der Waals surface area (Å²) in [5.41, 5.74) is 6.25. The van der Waals surface area contributed by atoms with Crippen LogP contribution in [0.2, 0.25) is 5.02 Å². The van der Waals surface area contributed by atoms with Gasteiger partial charge < -0.3 is 5.73 Å². The van der Waals surface area contributed by atoms with Crippen molar-refractivity contribution in [3.05, 3.63) is 41.2 Å². The molecule has 0 bridgehead atoms. The van der Waals surface area contributed by atoms with Gasteiger partial charge in [0, 0.05) is 19.3 Å². The van der Waals surface area contributed by atoms with Crippen molar-refractivity contribution in [2.24, 2.45) is 5.73 Å². The van der Waals surface area contributed by atoms with E-state index in [1.54, 1.807) is 18.3 Å². The number of hydrogen-bond acceptors (Lipinski definition) is 5. The Kier molecular flexibility index (Phi) is 4.71. The molecule has 108 valence electrons. The first-order chi connectivity index (χ1) is 9.53. The Labute approximate surface area is 121 Å². The SMILES string of the molecule is NCc1ccc(S(=O)(=O)NCCn2ccnn2)c(Cl)c1. The molecule has 0 saturated heterocycles. The van der Waals surface area contributed by atoms with Gasteiger partial charge in [0.1, 0.15) is 4.90 Å². The summed E-state index contributed by atoms with van der Waals surface area (Å²) in [7, 11) is -3.65. The third-order valence-electron chi connectivity index (χ3n) is 2.63. The highest BCUT2D eigenvalue weighted by molar-refractivity contribution is 7.89. The van der Waals surface area contributed by atoms with Crippen molar-refractivity contribution in [1.82, 2.24) is 19.7 Å². The second kappa shape index (κ2) is 6.31. The number of halogens is 1. The first-order valence-electron chi connectivity index (χ1n) is 5.85. The fourth-order valence-corrected chi connectivity index (χ4v) is 3.20. The lowest BCUT2D eigenvalue weighted by Crippen LogP contribution is -2.28. The monoisotopic (exact) mass is 315 g/mol. The van der Waals surface area contributed by atoms with Crippen LogP contribution in [0.25, 0.3) is 0 Å². The lowest BCUT2D eigenvalue weighted by molar-refractivity contribution is 0.553. The van der Waals surface area contributed by atoms with E-state index >= 15 is 0 Å². The summed E-state index contributed by atoms with van der Waals surface area (Å²) in [6.07, 6.45) is 3.17. The van der Waals surface area contributed by atoms with E-state index in [4.69, 9.17) is 17.3 Å². The van der Waals surface area contributed by atoms with Crippen LogP contribution in [0.1, 0.15) is 5.56 Å². The van der Waals surface area contributed by atoms with Gasteiger partial charge in [-0.25, -0.2) is 13.1 Å². The standard InChI is InChI=1S/C11H14ClN5O2S/c12-10-7-9(8-13)1-2-11(10)20(18,19)15-4-6-17-5-3-14-16-17/h1-3,5,7,15H,4,6,8,13H2. The minimum absolute atomic E-state index is 0.0370. The normalized spacial score (nSPS) is 11.7. The van der Waals surface area contributed by atoms with E-state index in [0.29, 0.717) is 13.1 Å². The van der Waals surface area contributed by atoms with Gasteiger partial charge in [-0.05, 0) is 17.7 Å². The zero-order valence-corrected chi connectivity index (χ0v) is 12.1. The summed E-state index contributed by atoms with van der Waals surface area (Å²) in [6.45, 7) is 0.887. The molecule has 9 heteroatoms. The highest BCUT2D eigenvalue weighted by atomic mass is 35.5. The molecule has 0 amide bonds. The molecular weight excluding hydrogens is 302 g/mol. The average molecular weight is 316 g/mol. The van der Waals surface area contributed by atoms with Crippen LogP contribution >= 0.6 is 11.6 Å². The van der Waals surface area contributed by atoms with Crippen molar-refractivity contribution < 1.29 is 8.42 Å². The van der Waals surface area contributed by atoms with Crippen molar-refractivity contribution in [2.75, 3.05) is 6.54 Å². The van der Waals surface area contributed by atoms with Gasteiger partial charge in [-0.15, -0.1) is 5.10 Å². The van der Waals surface area contributed by atoms with Gasteiger partial charge in [0.25, 0.3) is 0 Å². The van der Waals surface area contributed by atoms with Crippen molar-refractivity contribution in [1.29, 1.82) is 0 Å². The van der Waals surface area contributed by atoms with Gasteiger partial charge in [-0.1, -0.05) is 22.9 Å². The number of nitrogens with one attached hydrogen (secondary N) is 1. The fourth-order valence-electron chi connectivity index (χ4n) is 1.61. The number of benzene rings is 1. The number of rotatable bonds is 6. The number of aromatic nitrogens is 3. The third kappa shape index (κ3) is 3.54. The van der Waals surface area contributed by atoms with Gasteiger partial charge in [0.05, 0.1) is 17.8 Å². The molecule has 1 aromatic carbocycles. The molecule has 1 aromatic heterocycles. The van der Waals surface area contributed by atoms with E-state index in [-0.39, 0.29) is 16.5 Å². The summed E-state index contributed by atoms with van der Waals surface area (Å²) in [5.74, 6) is 0. The van der Waals surface area contributed by atoms with Gasteiger partial charge in [0.2, 0.25) is 10.0 Å². The minimum atomic E-state index is -3.65. The predicted octanol–water partition coefficient (Wildman–Crippen LogP) is 0.369. The number of nitrogens with two attached hydrogens (primary N) is 1. The largest absolute Gasteiger partial charge is 0.326 e. The molecule has 7 nitrogen and oxygen atoms in total. The molecule has 0 saturated carbocycles. The number of hydrogen-bond donors (Lipinski definition) is 2. The predicted molar refractivity (Wildman–Crippen MR) is 74.6 cm³/mol. The van der Waals surface area contributed by atoms with E-state index in [1.807, 2.05) is 0 Å². The van der Waals surface area contributed by atoms with Crippen LogP contribution in [0, 0.1) is 0 Å². The molecule has 20 heavy (non-hydrogen) atoms. The van der Waals surface area contributed by atoms with E-state index < -0.39 is 10.0 Å².